The smallest absolute Gasteiger partial charge is 0.448 e. The van der Waals surface area contributed by atoms with Crippen molar-refractivity contribution in [3.8, 4) is 0 Å². The van der Waals surface area contributed by atoms with Gasteiger partial charge >= 0.3 is 13.1 Å². The van der Waals surface area contributed by atoms with Crippen molar-refractivity contribution in [1.29, 1.82) is 0 Å². The molecule has 7 nitrogen and oxygen atoms in total. The van der Waals surface area contributed by atoms with Crippen LogP contribution in [0.5, 0.6) is 0 Å². The molecule has 0 radical (unpaired) electrons. The number of hydrogen-bond donors (Lipinski definition) is 4. The largest absolute Gasteiger partial charge is 0.480 e. The number of carbonyl (C=O) groups is 2. The average molecular weight is 380 g/mol. The first-order valence-corrected chi connectivity index (χ1v) is 9.26. The first-order chi connectivity index (χ1) is 12.6. The summed E-state index contributed by atoms with van der Waals surface area (Å²) < 4.78 is 0. The number of carboxylic acid groups (broad SMARTS) is 1. The Labute approximate surface area is 162 Å². The van der Waals surface area contributed by atoms with Gasteiger partial charge in [0.15, 0.2) is 0 Å². The van der Waals surface area contributed by atoms with Gasteiger partial charge in [0.05, 0.1) is 0 Å². The minimum Gasteiger partial charge on any atom is -0.480 e. The Kier molecular flexibility index (Phi) is 11.6. The highest BCUT2D eigenvalue weighted by Crippen LogP contribution is 2.31. The van der Waals surface area contributed by atoms with Crippen LogP contribution in [-0.4, -0.2) is 57.7 Å². The molecule has 1 saturated heterocycles. The molecule has 1 heterocycles. The van der Waals surface area contributed by atoms with Gasteiger partial charge in [-0.1, -0.05) is 51.2 Å². The van der Waals surface area contributed by atoms with E-state index >= 15 is 0 Å². The average Bonchev–Trinajstić information content (AvgIpc) is 2.63. The number of piperidine rings is 1. The summed E-state index contributed by atoms with van der Waals surface area (Å²) >= 11 is 0. The number of aliphatic carboxylic acids is 1. The maximum absolute atomic E-state index is 12.4. The number of nitrogens with two attached hydrogens (primary N) is 1. The van der Waals surface area contributed by atoms with Crippen molar-refractivity contribution in [2.24, 2.45) is 11.7 Å². The van der Waals surface area contributed by atoms with Crippen LogP contribution in [-0.2, 0) is 9.59 Å². The van der Waals surface area contributed by atoms with Gasteiger partial charge in [0.25, 0.3) is 5.91 Å². The van der Waals surface area contributed by atoms with Gasteiger partial charge in [-0.25, -0.2) is 0 Å². The maximum Gasteiger partial charge on any atom is 0.448 e. The number of hydrogen-bond acceptors (Lipinski definition) is 5. The van der Waals surface area contributed by atoms with Crippen LogP contribution in [0.2, 0.25) is 6.82 Å². The van der Waals surface area contributed by atoms with Crippen LogP contribution in [0.3, 0.4) is 0 Å². The highest BCUT2D eigenvalue weighted by atomic mass is 16.4. The standard InChI is InChI=1S/C18H28N2O3.CH5BO2/c1-4-7-11-18(19,17(22)23)15-9-12-20(13-10-15)16(21)14(6-3)8-5-2;1-2(3)4/h5-6,8,15H,2-4,7,9-13,19H2,1H3,(H,22,23);3-4H,1H3/b14-8+;. The van der Waals surface area contributed by atoms with E-state index in [2.05, 4.69) is 13.2 Å². The van der Waals surface area contributed by atoms with Crippen molar-refractivity contribution in [2.45, 2.75) is 51.4 Å². The molecule has 1 fully saturated rings. The van der Waals surface area contributed by atoms with Crippen LogP contribution in [0.15, 0.2) is 37.0 Å². The Bertz CT molecular complexity index is 539. The molecule has 1 rings (SSSR count). The molecule has 27 heavy (non-hydrogen) atoms. The highest BCUT2D eigenvalue weighted by molar-refractivity contribution is 6.38. The summed E-state index contributed by atoms with van der Waals surface area (Å²) in [7, 11) is -1.17. The van der Waals surface area contributed by atoms with Crippen LogP contribution in [0, 0.1) is 5.92 Å². The molecule has 1 aliphatic rings. The van der Waals surface area contributed by atoms with E-state index < -0.39 is 18.6 Å². The fourth-order valence-electron chi connectivity index (χ4n) is 3.09. The Morgan fingerprint density at radius 2 is 1.81 bits per heavy atom. The van der Waals surface area contributed by atoms with E-state index in [1.165, 1.54) is 12.9 Å². The number of carboxylic acids is 1. The second-order valence-corrected chi connectivity index (χ2v) is 6.71. The van der Waals surface area contributed by atoms with E-state index in [9.17, 15) is 14.7 Å². The minimum absolute atomic E-state index is 0.0927. The second-order valence-electron chi connectivity index (χ2n) is 6.71. The predicted molar refractivity (Wildman–Crippen MR) is 108 cm³/mol. The molecule has 0 bridgehead atoms. The molecule has 0 saturated carbocycles. The van der Waals surface area contributed by atoms with Crippen molar-refractivity contribution in [1.82, 2.24) is 4.90 Å². The van der Waals surface area contributed by atoms with Crippen molar-refractivity contribution in [3.63, 3.8) is 0 Å². The van der Waals surface area contributed by atoms with Crippen molar-refractivity contribution in [3.05, 3.63) is 37.0 Å². The zero-order valence-electron chi connectivity index (χ0n) is 16.4. The van der Waals surface area contributed by atoms with E-state index in [1.54, 1.807) is 17.1 Å². The third-order valence-electron chi connectivity index (χ3n) is 4.62. The monoisotopic (exact) mass is 380 g/mol. The van der Waals surface area contributed by atoms with Crippen molar-refractivity contribution < 1.29 is 24.7 Å². The molecular weight excluding hydrogens is 347 g/mol. The zero-order valence-corrected chi connectivity index (χ0v) is 16.4. The van der Waals surface area contributed by atoms with E-state index in [0.29, 0.717) is 37.9 Å². The Balaban J connectivity index is 0.00000153. The SMILES string of the molecule is C=C/C=C(\C=C)C(=O)N1CCC(C(N)(CCCC)C(=O)O)CC1.CB(O)O. The number of unbranched alkanes of at least 4 members (excludes halogenated alkanes) is 1. The van der Waals surface area contributed by atoms with E-state index in [4.69, 9.17) is 15.8 Å². The molecule has 1 atom stereocenters. The normalized spacial score (nSPS) is 17.2. The van der Waals surface area contributed by atoms with Crippen LogP contribution in [0.1, 0.15) is 39.0 Å². The summed E-state index contributed by atoms with van der Waals surface area (Å²) in [5.41, 5.74) is 5.52. The van der Waals surface area contributed by atoms with Gasteiger partial charge in [0, 0.05) is 18.7 Å². The van der Waals surface area contributed by atoms with Gasteiger partial charge in [-0.15, -0.1) is 0 Å². The van der Waals surface area contributed by atoms with E-state index in [0.717, 1.165) is 12.8 Å². The number of nitrogens with zero attached hydrogens (tertiary/aromatic N) is 1. The highest BCUT2D eigenvalue weighted by Gasteiger charge is 2.43. The van der Waals surface area contributed by atoms with Crippen LogP contribution >= 0.6 is 0 Å². The molecule has 5 N–H and O–H groups in total. The summed E-state index contributed by atoms with van der Waals surface area (Å²) in [6.45, 7) is 11.6. The lowest BCUT2D eigenvalue weighted by molar-refractivity contribution is -0.147. The third-order valence-corrected chi connectivity index (χ3v) is 4.62. The van der Waals surface area contributed by atoms with Gasteiger partial charge in [-0.2, -0.15) is 0 Å². The number of amides is 1. The number of likely N-dealkylation sites (tertiary alicyclic amines) is 1. The number of rotatable bonds is 8. The van der Waals surface area contributed by atoms with Gasteiger partial charge < -0.3 is 25.8 Å². The molecule has 1 unspecified atom stereocenters. The molecule has 1 aliphatic heterocycles. The Morgan fingerprint density at radius 1 is 1.30 bits per heavy atom. The van der Waals surface area contributed by atoms with Gasteiger partial charge in [0.2, 0.25) is 0 Å². The molecule has 8 heteroatoms. The van der Waals surface area contributed by atoms with Gasteiger partial charge in [0.1, 0.15) is 5.54 Å². The molecule has 0 aromatic carbocycles. The molecule has 1 amide bonds. The predicted octanol–water partition coefficient (Wildman–Crippen LogP) is 1.58. The van der Waals surface area contributed by atoms with Crippen LogP contribution in [0.4, 0.5) is 0 Å². The maximum atomic E-state index is 12.4. The molecular formula is C19H33BN2O5. The lowest BCUT2D eigenvalue weighted by Crippen LogP contribution is -2.57. The summed E-state index contributed by atoms with van der Waals surface area (Å²) in [5.74, 6) is -1.13. The topological polar surface area (TPSA) is 124 Å². The number of allylic oxidation sites excluding steroid dienone is 2. The van der Waals surface area contributed by atoms with E-state index in [1.807, 2.05) is 6.92 Å². The summed E-state index contributed by atoms with van der Waals surface area (Å²) in [6.07, 6.45) is 8.11. The zero-order chi connectivity index (χ0) is 21.0. The van der Waals surface area contributed by atoms with E-state index in [-0.39, 0.29) is 11.8 Å². The molecule has 0 spiro atoms. The molecule has 152 valence electrons. The Hall–Kier alpha value is -1.90. The van der Waals surface area contributed by atoms with Crippen molar-refractivity contribution in [2.75, 3.05) is 13.1 Å². The van der Waals surface area contributed by atoms with Gasteiger partial charge in [-0.3, -0.25) is 9.59 Å². The summed E-state index contributed by atoms with van der Waals surface area (Å²) in [5, 5.41) is 24.8. The van der Waals surface area contributed by atoms with Crippen molar-refractivity contribution >= 4 is 19.0 Å². The summed E-state index contributed by atoms with van der Waals surface area (Å²) in [6, 6.07) is 0. The van der Waals surface area contributed by atoms with Crippen LogP contribution in [0.25, 0.3) is 0 Å². The lowest BCUT2D eigenvalue weighted by atomic mass is 9.75. The van der Waals surface area contributed by atoms with Crippen LogP contribution < -0.4 is 5.73 Å². The lowest BCUT2D eigenvalue weighted by Gasteiger charge is -2.40. The van der Waals surface area contributed by atoms with Gasteiger partial charge in [-0.05, 0) is 32.0 Å². The molecule has 0 aromatic heterocycles. The fraction of sp³-hybridized carbons (Fsp3) is 0.579. The summed E-state index contributed by atoms with van der Waals surface area (Å²) in [4.78, 5) is 25.7. The number of carbonyl (C=O) groups excluding carboxylic acids is 1. The molecule has 0 aliphatic carbocycles. The second kappa shape index (κ2) is 12.5. The first-order valence-electron chi connectivity index (χ1n) is 9.26. The Morgan fingerprint density at radius 3 is 2.19 bits per heavy atom. The fourth-order valence-corrected chi connectivity index (χ4v) is 3.09. The molecule has 0 aromatic rings. The third kappa shape index (κ3) is 8.11. The first kappa shape index (κ1) is 25.1. The minimum atomic E-state index is -1.19. The quantitative estimate of drug-likeness (QED) is 0.288.